The summed E-state index contributed by atoms with van der Waals surface area (Å²) >= 11 is 5.80. The van der Waals surface area contributed by atoms with Crippen LogP contribution in [-0.2, 0) is 11.2 Å². The number of hydrazone groups is 1. The van der Waals surface area contributed by atoms with Gasteiger partial charge in [-0.25, -0.2) is 5.43 Å². The predicted octanol–water partition coefficient (Wildman–Crippen LogP) is 3.01. The molecule has 5 heteroatoms. The summed E-state index contributed by atoms with van der Waals surface area (Å²) in [6.45, 7) is 1.83. The standard InChI is InChI=1S/C16H16ClN3O/c1-11(13-4-8-15(18)9-5-13)19-20-16(21)10-12-2-6-14(17)7-3-12/h2-9H,10,18H2,1H3,(H,20,21). The molecule has 2 aromatic carbocycles. The molecule has 2 rings (SSSR count). The third-order valence-corrected chi connectivity index (χ3v) is 3.21. The second-order valence-electron chi connectivity index (χ2n) is 4.66. The Kier molecular flexibility index (Phi) is 4.95. The molecule has 0 radical (unpaired) electrons. The number of halogens is 1. The van der Waals surface area contributed by atoms with E-state index in [1.54, 1.807) is 24.3 Å². The number of rotatable bonds is 4. The number of hydrogen-bond donors (Lipinski definition) is 2. The number of carbonyl (C=O) groups excluding carboxylic acids is 1. The summed E-state index contributed by atoms with van der Waals surface area (Å²) in [7, 11) is 0. The molecule has 1 amide bonds. The van der Waals surface area contributed by atoms with Crippen molar-refractivity contribution in [3.8, 4) is 0 Å². The summed E-state index contributed by atoms with van der Waals surface area (Å²) in [6.07, 6.45) is 0.260. The molecule has 0 saturated heterocycles. The average molecular weight is 302 g/mol. The van der Waals surface area contributed by atoms with E-state index in [1.165, 1.54) is 0 Å². The molecular formula is C16H16ClN3O. The Hall–Kier alpha value is -2.33. The first-order chi connectivity index (χ1) is 10.0. The number of nitrogens with two attached hydrogens (primary N) is 1. The van der Waals surface area contributed by atoms with Gasteiger partial charge in [0.1, 0.15) is 0 Å². The van der Waals surface area contributed by atoms with Crippen molar-refractivity contribution in [2.45, 2.75) is 13.3 Å². The van der Waals surface area contributed by atoms with E-state index < -0.39 is 0 Å². The molecule has 4 nitrogen and oxygen atoms in total. The van der Waals surface area contributed by atoms with E-state index >= 15 is 0 Å². The second-order valence-corrected chi connectivity index (χ2v) is 5.09. The molecule has 21 heavy (non-hydrogen) atoms. The Bertz CT molecular complexity index is 648. The molecule has 0 aliphatic rings. The first kappa shape index (κ1) is 15.1. The van der Waals surface area contributed by atoms with Crippen LogP contribution in [0.15, 0.2) is 53.6 Å². The Labute approximate surface area is 128 Å². The van der Waals surface area contributed by atoms with Crippen LogP contribution in [0.1, 0.15) is 18.1 Å². The van der Waals surface area contributed by atoms with Crippen LogP contribution in [-0.4, -0.2) is 11.6 Å². The smallest absolute Gasteiger partial charge is 0.244 e. The summed E-state index contributed by atoms with van der Waals surface area (Å²) in [4.78, 5) is 11.8. The Morgan fingerprint density at radius 2 is 1.76 bits per heavy atom. The van der Waals surface area contributed by atoms with Gasteiger partial charge in [-0.05, 0) is 42.3 Å². The molecule has 2 aromatic rings. The maximum Gasteiger partial charge on any atom is 0.244 e. The molecular weight excluding hydrogens is 286 g/mol. The van der Waals surface area contributed by atoms with Crippen molar-refractivity contribution in [1.82, 2.24) is 5.43 Å². The topological polar surface area (TPSA) is 67.5 Å². The second kappa shape index (κ2) is 6.90. The van der Waals surface area contributed by atoms with Crippen molar-refractivity contribution in [2.24, 2.45) is 5.10 Å². The van der Waals surface area contributed by atoms with E-state index in [9.17, 15) is 4.79 Å². The van der Waals surface area contributed by atoms with Crippen molar-refractivity contribution < 1.29 is 4.79 Å². The fourth-order valence-electron chi connectivity index (χ4n) is 1.76. The summed E-state index contributed by atoms with van der Waals surface area (Å²) in [5, 5.41) is 4.74. The maximum absolute atomic E-state index is 11.8. The lowest BCUT2D eigenvalue weighted by molar-refractivity contribution is -0.120. The van der Waals surface area contributed by atoms with Gasteiger partial charge in [0, 0.05) is 10.7 Å². The highest BCUT2D eigenvalue weighted by molar-refractivity contribution is 6.30. The van der Waals surface area contributed by atoms with Gasteiger partial charge in [-0.1, -0.05) is 35.9 Å². The predicted molar refractivity (Wildman–Crippen MR) is 86.4 cm³/mol. The molecule has 0 aliphatic carbocycles. The number of anilines is 1. The van der Waals surface area contributed by atoms with Crippen molar-refractivity contribution in [3.63, 3.8) is 0 Å². The highest BCUT2D eigenvalue weighted by Crippen LogP contribution is 2.10. The van der Waals surface area contributed by atoms with Gasteiger partial charge in [-0.15, -0.1) is 0 Å². The molecule has 0 fully saturated rings. The zero-order valence-corrected chi connectivity index (χ0v) is 12.4. The van der Waals surface area contributed by atoms with E-state index in [-0.39, 0.29) is 12.3 Å². The number of carbonyl (C=O) groups is 1. The van der Waals surface area contributed by atoms with Crippen molar-refractivity contribution >= 4 is 28.9 Å². The van der Waals surface area contributed by atoms with E-state index in [2.05, 4.69) is 10.5 Å². The van der Waals surface area contributed by atoms with Gasteiger partial charge in [0.05, 0.1) is 12.1 Å². The molecule has 0 aliphatic heterocycles. The number of nitrogens with one attached hydrogen (secondary N) is 1. The number of nitrogens with zero attached hydrogens (tertiary/aromatic N) is 1. The quantitative estimate of drug-likeness (QED) is 0.518. The molecule has 0 bridgehead atoms. The first-order valence-electron chi connectivity index (χ1n) is 6.48. The fourth-order valence-corrected chi connectivity index (χ4v) is 1.89. The Morgan fingerprint density at radius 3 is 2.38 bits per heavy atom. The molecule has 0 atom stereocenters. The summed E-state index contributed by atoms with van der Waals surface area (Å²) in [6, 6.07) is 14.5. The minimum Gasteiger partial charge on any atom is -0.399 e. The largest absolute Gasteiger partial charge is 0.399 e. The van der Waals surface area contributed by atoms with Crippen LogP contribution >= 0.6 is 11.6 Å². The van der Waals surface area contributed by atoms with Crippen LogP contribution in [0.5, 0.6) is 0 Å². The lowest BCUT2D eigenvalue weighted by atomic mass is 10.1. The van der Waals surface area contributed by atoms with E-state index in [0.717, 1.165) is 16.8 Å². The van der Waals surface area contributed by atoms with Crippen LogP contribution < -0.4 is 11.2 Å². The minimum absolute atomic E-state index is 0.174. The molecule has 0 aromatic heterocycles. The lowest BCUT2D eigenvalue weighted by Crippen LogP contribution is -2.21. The van der Waals surface area contributed by atoms with E-state index in [0.29, 0.717) is 10.7 Å². The third kappa shape index (κ3) is 4.61. The van der Waals surface area contributed by atoms with Crippen molar-refractivity contribution in [3.05, 3.63) is 64.7 Å². The monoisotopic (exact) mass is 301 g/mol. The van der Waals surface area contributed by atoms with Crippen LogP contribution in [0.2, 0.25) is 5.02 Å². The molecule has 0 heterocycles. The maximum atomic E-state index is 11.8. The molecule has 0 saturated carbocycles. The van der Waals surface area contributed by atoms with Gasteiger partial charge < -0.3 is 5.73 Å². The number of benzene rings is 2. The van der Waals surface area contributed by atoms with Crippen LogP contribution in [0.3, 0.4) is 0 Å². The highest BCUT2D eigenvalue weighted by Gasteiger charge is 2.03. The zero-order valence-electron chi connectivity index (χ0n) is 11.6. The van der Waals surface area contributed by atoms with Gasteiger partial charge >= 0.3 is 0 Å². The van der Waals surface area contributed by atoms with Crippen LogP contribution in [0.4, 0.5) is 5.69 Å². The van der Waals surface area contributed by atoms with Gasteiger partial charge in [-0.3, -0.25) is 4.79 Å². The summed E-state index contributed by atoms with van der Waals surface area (Å²) in [5.74, 6) is -0.174. The van der Waals surface area contributed by atoms with Gasteiger partial charge in [-0.2, -0.15) is 5.10 Å². The Morgan fingerprint density at radius 1 is 1.14 bits per heavy atom. The first-order valence-corrected chi connectivity index (χ1v) is 6.86. The minimum atomic E-state index is -0.174. The summed E-state index contributed by atoms with van der Waals surface area (Å²) < 4.78 is 0. The third-order valence-electron chi connectivity index (χ3n) is 2.95. The van der Waals surface area contributed by atoms with Crippen LogP contribution in [0.25, 0.3) is 0 Å². The van der Waals surface area contributed by atoms with Gasteiger partial charge in [0.2, 0.25) is 5.91 Å². The lowest BCUT2D eigenvalue weighted by Gasteiger charge is -2.04. The van der Waals surface area contributed by atoms with Crippen molar-refractivity contribution in [1.29, 1.82) is 0 Å². The highest BCUT2D eigenvalue weighted by atomic mass is 35.5. The molecule has 3 N–H and O–H groups in total. The van der Waals surface area contributed by atoms with Crippen LogP contribution in [0, 0.1) is 0 Å². The van der Waals surface area contributed by atoms with Crippen molar-refractivity contribution in [2.75, 3.05) is 5.73 Å². The summed E-state index contributed by atoms with van der Waals surface area (Å²) in [5.41, 5.74) is 11.4. The average Bonchev–Trinajstić information content (AvgIpc) is 2.48. The van der Waals surface area contributed by atoms with Gasteiger partial charge in [0.15, 0.2) is 0 Å². The fraction of sp³-hybridized carbons (Fsp3) is 0.125. The molecule has 0 unspecified atom stereocenters. The van der Waals surface area contributed by atoms with E-state index in [4.69, 9.17) is 17.3 Å². The number of nitrogen functional groups attached to an aromatic ring is 1. The molecule has 0 spiro atoms. The SMILES string of the molecule is CC(=NNC(=O)Cc1ccc(Cl)cc1)c1ccc(N)cc1. The van der Waals surface area contributed by atoms with Gasteiger partial charge in [0.25, 0.3) is 0 Å². The number of amides is 1. The van der Waals surface area contributed by atoms with E-state index in [1.807, 2.05) is 31.2 Å². The normalized spacial score (nSPS) is 11.2. The number of hydrogen-bond acceptors (Lipinski definition) is 3. The zero-order chi connectivity index (χ0) is 15.2. The molecule has 108 valence electrons. The Balaban J connectivity index is 1.94.